The molecular weight excluding hydrogens is 236 g/mol. The molecule has 104 valence electrons. The van der Waals surface area contributed by atoms with Gasteiger partial charge in [-0.25, -0.2) is 0 Å². The van der Waals surface area contributed by atoms with Gasteiger partial charge in [0, 0.05) is 26.2 Å². The van der Waals surface area contributed by atoms with E-state index in [4.69, 9.17) is 9.47 Å². The Balaban J connectivity index is 2.44. The second kappa shape index (κ2) is 7.45. The molecule has 2 amide bonds. The molecule has 18 heavy (non-hydrogen) atoms. The summed E-state index contributed by atoms with van der Waals surface area (Å²) in [4.78, 5) is 24.6. The molecule has 1 fully saturated rings. The van der Waals surface area contributed by atoms with Crippen LogP contribution in [0.5, 0.6) is 0 Å². The molecule has 1 rings (SSSR count). The topological polar surface area (TPSA) is 67.9 Å². The summed E-state index contributed by atoms with van der Waals surface area (Å²) in [6, 6.07) is -0.286. The molecule has 1 heterocycles. The van der Waals surface area contributed by atoms with Crippen molar-refractivity contribution in [3.8, 4) is 0 Å². The van der Waals surface area contributed by atoms with Crippen molar-refractivity contribution in [1.29, 1.82) is 0 Å². The average Bonchev–Trinajstić information content (AvgIpc) is 2.32. The minimum atomic E-state index is -0.286. The number of hydrogen-bond acceptors (Lipinski definition) is 5. The van der Waals surface area contributed by atoms with Crippen LogP contribution >= 0.6 is 0 Å². The lowest BCUT2D eigenvalue weighted by atomic mass is 10.2. The summed E-state index contributed by atoms with van der Waals surface area (Å²) in [5.41, 5.74) is 0. The number of nitrogens with zero attached hydrogens (tertiary/aromatic N) is 1. The van der Waals surface area contributed by atoms with Gasteiger partial charge in [-0.15, -0.1) is 0 Å². The second-order valence-corrected chi connectivity index (χ2v) is 4.19. The summed E-state index contributed by atoms with van der Waals surface area (Å²) in [5.74, 6) is -0.488. The Kier molecular flexibility index (Phi) is 6.24. The summed E-state index contributed by atoms with van der Waals surface area (Å²) in [6.07, 6.45) is 0.374. The van der Waals surface area contributed by atoms with Gasteiger partial charge in [0.1, 0.15) is 0 Å². The van der Waals surface area contributed by atoms with Crippen LogP contribution in [-0.2, 0) is 19.1 Å². The largest absolute Gasteiger partial charge is 0.353 e. The summed E-state index contributed by atoms with van der Waals surface area (Å²) in [6.45, 7) is 7.62. The highest BCUT2D eigenvalue weighted by atomic mass is 16.7. The first-order valence-corrected chi connectivity index (χ1v) is 6.39. The third kappa shape index (κ3) is 4.36. The molecule has 6 nitrogen and oxygen atoms in total. The lowest BCUT2D eigenvalue weighted by Gasteiger charge is -2.32. The number of imide groups is 1. The molecular formula is C12H22N2O4. The van der Waals surface area contributed by atoms with Crippen LogP contribution in [0.4, 0.5) is 0 Å². The van der Waals surface area contributed by atoms with Gasteiger partial charge in [0.25, 0.3) is 0 Å². The van der Waals surface area contributed by atoms with Crippen molar-refractivity contribution in [2.45, 2.75) is 39.5 Å². The molecule has 0 spiro atoms. The van der Waals surface area contributed by atoms with Gasteiger partial charge in [-0.05, 0) is 20.8 Å². The molecule has 1 aliphatic heterocycles. The first-order valence-electron chi connectivity index (χ1n) is 6.39. The zero-order chi connectivity index (χ0) is 13.5. The van der Waals surface area contributed by atoms with Gasteiger partial charge < -0.3 is 9.47 Å². The maximum absolute atomic E-state index is 11.5. The fourth-order valence-corrected chi connectivity index (χ4v) is 1.90. The van der Waals surface area contributed by atoms with Crippen LogP contribution in [0.15, 0.2) is 0 Å². The zero-order valence-corrected chi connectivity index (χ0v) is 11.3. The monoisotopic (exact) mass is 258 g/mol. The standard InChI is InChI=1S/C12H22N2O4/c1-4-17-11(18-5-2)6-7-14-8-10(15)13-12(16)9(14)3/h9,11H,4-8H2,1-3H3,(H,13,15,16). The Morgan fingerprint density at radius 3 is 2.50 bits per heavy atom. The van der Waals surface area contributed by atoms with Gasteiger partial charge in [0.05, 0.1) is 12.6 Å². The fraction of sp³-hybridized carbons (Fsp3) is 0.833. The van der Waals surface area contributed by atoms with E-state index < -0.39 is 0 Å². The Bertz CT molecular complexity index is 290. The minimum absolute atomic E-state index is 0.240. The van der Waals surface area contributed by atoms with Crippen molar-refractivity contribution >= 4 is 11.8 Å². The third-order valence-electron chi connectivity index (χ3n) is 2.89. The molecule has 1 atom stereocenters. The fourth-order valence-electron chi connectivity index (χ4n) is 1.90. The Morgan fingerprint density at radius 2 is 1.94 bits per heavy atom. The van der Waals surface area contributed by atoms with Crippen LogP contribution < -0.4 is 5.32 Å². The molecule has 0 radical (unpaired) electrons. The quantitative estimate of drug-likeness (QED) is 0.519. The molecule has 1 aliphatic rings. The SMILES string of the molecule is CCOC(CCN1CC(=O)NC(=O)C1C)OCC. The van der Waals surface area contributed by atoms with Crippen molar-refractivity contribution in [1.82, 2.24) is 10.2 Å². The molecule has 0 aromatic rings. The minimum Gasteiger partial charge on any atom is -0.353 e. The van der Waals surface area contributed by atoms with Crippen molar-refractivity contribution in [3.63, 3.8) is 0 Å². The normalized spacial score (nSPS) is 21.4. The van der Waals surface area contributed by atoms with E-state index in [1.54, 1.807) is 6.92 Å². The average molecular weight is 258 g/mol. The van der Waals surface area contributed by atoms with Gasteiger partial charge in [-0.2, -0.15) is 0 Å². The Labute approximate surface area is 108 Å². The van der Waals surface area contributed by atoms with Crippen molar-refractivity contribution in [2.75, 3.05) is 26.3 Å². The summed E-state index contributed by atoms with van der Waals surface area (Å²) >= 11 is 0. The third-order valence-corrected chi connectivity index (χ3v) is 2.89. The smallest absolute Gasteiger partial charge is 0.243 e. The van der Waals surface area contributed by atoms with Crippen LogP contribution in [0.25, 0.3) is 0 Å². The van der Waals surface area contributed by atoms with E-state index in [9.17, 15) is 9.59 Å². The number of ether oxygens (including phenoxy) is 2. The first kappa shape index (κ1) is 15.1. The van der Waals surface area contributed by atoms with Crippen LogP contribution in [0, 0.1) is 0 Å². The number of amides is 2. The molecule has 1 saturated heterocycles. The van der Waals surface area contributed by atoms with Crippen LogP contribution in [0.3, 0.4) is 0 Å². The van der Waals surface area contributed by atoms with E-state index >= 15 is 0 Å². The molecule has 1 unspecified atom stereocenters. The summed E-state index contributed by atoms with van der Waals surface area (Å²) in [5, 5.41) is 2.31. The molecule has 6 heteroatoms. The lowest BCUT2D eigenvalue weighted by Crippen LogP contribution is -2.57. The molecule has 0 bridgehead atoms. The first-order chi connectivity index (χ1) is 8.58. The highest BCUT2D eigenvalue weighted by Gasteiger charge is 2.30. The number of piperazine rings is 1. The summed E-state index contributed by atoms with van der Waals surface area (Å²) in [7, 11) is 0. The number of carbonyl (C=O) groups excluding carboxylic acids is 2. The molecule has 0 aromatic carbocycles. The number of carbonyl (C=O) groups is 2. The molecule has 0 aromatic heterocycles. The van der Waals surface area contributed by atoms with Crippen LogP contribution in [0.2, 0.25) is 0 Å². The van der Waals surface area contributed by atoms with Gasteiger partial charge in [-0.1, -0.05) is 0 Å². The number of nitrogens with one attached hydrogen (secondary N) is 1. The van der Waals surface area contributed by atoms with E-state index in [0.29, 0.717) is 26.2 Å². The van der Waals surface area contributed by atoms with E-state index in [-0.39, 0.29) is 30.7 Å². The molecule has 1 N–H and O–H groups in total. The van der Waals surface area contributed by atoms with E-state index in [2.05, 4.69) is 5.32 Å². The van der Waals surface area contributed by atoms with Gasteiger partial charge >= 0.3 is 0 Å². The predicted molar refractivity (Wildman–Crippen MR) is 65.8 cm³/mol. The molecule has 0 aliphatic carbocycles. The Morgan fingerprint density at radius 1 is 1.33 bits per heavy atom. The van der Waals surface area contributed by atoms with Crippen LogP contribution in [-0.4, -0.2) is 55.3 Å². The second-order valence-electron chi connectivity index (χ2n) is 4.19. The number of hydrogen-bond donors (Lipinski definition) is 1. The van der Waals surface area contributed by atoms with E-state index in [1.807, 2.05) is 18.7 Å². The van der Waals surface area contributed by atoms with Crippen molar-refractivity contribution < 1.29 is 19.1 Å². The zero-order valence-electron chi connectivity index (χ0n) is 11.3. The van der Waals surface area contributed by atoms with Gasteiger partial charge in [-0.3, -0.25) is 19.8 Å². The Hall–Kier alpha value is -0.980. The van der Waals surface area contributed by atoms with Crippen LogP contribution in [0.1, 0.15) is 27.2 Å². The highest BCUT2D eigenvalue weighted by molar-refractivity contribution is 6.00. The highest BCUT2D eigenvalue weighted by Crippen LogP contribution is 2.09. The maximum atomic E-state index is 11.5. The lowest BCUT2D eigenvalue weighted by molar-refractivity contribution is -0.149. The summed E-state index contributed by atoms with van der Waals surface area (Å²) < 4.78 is 10.9. The van der Waals surface area contributed by atoms with Gasteiger partial charge in [0.2, 0.25) is 11.8 Å². The number of rotatable bonds is 7. The van der Waals surface area contributed by atoms with Crippen molar-refractivity contribution in [3.05, 3.63) is 0 Å². The van der Waals surface area contributed by atoms with E-state index in [0.717, 1.165) is 0 Å². The van der Waals surface area contributed by atoms with Crippen molar-refractivity contribution in [2.24, 2.45) is 0 Å². The van der Waals surface area contributed by atoms with E-state index in [1.165, 1.54) is 0 Å². The predicted octanol–water partition coefficient (Wildman–Crippen LogP) is 0.123. The molecule has 0 saturated carbocycles. The van der Waals surface area contributed by atoms with Gasteiger partial charge in [0.15, 0.2) is 6.29 Å². The maximum Gasteiger partial charge on any atom is 0.243 e.